The molecule has 0 spiro atoms. The molecular formula is C11H13F5N2. The van der Waals surface area contributed by atoms with Gasteiger partial charge in [-0.15, -0.1) is 0 Å². The number of halogens is 5. The maximum atomic E-state index is 13.8. The van der Waals surface area contributed by atoms with Crippen molar-refractivity contribution in [2.45, 2.75) is 51.3 Å². The topological polar surface area (TPSA) is 17.8 Å². The molecule has 0 saturated carbocycles. The zero-order valence-corrected chi connectivity index (χ0v) is 9.98. The summed E-state index contributed by atoms with van der Waals surface area (Å²) in [5, 5.41) is 3.37. The fourth-order valence-corrected chi connectivity index (χ4v) is 2.30. The summed E-state index contributed by atoms with van der Waals surface area (Å²) >= 11 is 0. The Morgan fingerprint density at radius 1 is 1.28 bits per heavy atom. The number of rotatable bonds is 1. The molecule has 0 aliphatic heterocycles. The Hall–Kier alpha value is -1.14. The average Bonchev–Trinajstić information content (AvgIpc) is 2.57. The molecule has 0 saturated heterocycles. The standard InChI is InChI=1S/C11H13F5N2/c1-6(2)18-9-7(4-3-5-10(9,12)13)8(17-18)11(14,15)16/h6H,3-5H2,1-2H3. The van der Waals surface area contributed by atoms with Gasteiger partial charge in [-0.3, -0.25) is 4.68 Å². The summed E-state index contributed by atoms with van der Waals surface area (Å²) in [5.41, 5.74) is -2.06. The van der Waals surface area contributed by atoms with Gasteiger partial charge in [0.1, 0.15) is 5.69 Å². The number of aromatic nitrogens is 2. The van der Waals surface area contributed by atoms with E-state index in [1.807, 2.05) is 0 Å². The van der Waals surface area contributed by atoms with Crippen LogP contribution in [-0.2, 0) is 18.5 Å². The summed E-state index contributed by atoms with van der Waals surface area (Å²) in [6, 6.07) is -0.529. The molecule has 0 bridgehead atoms. The van der Waals surface area contributed by atoms with E-state index in [2.05, 4.69) is 5.10 Å². The summed E-state index contributed by atoms with van der Waals surface area (Å²) in [7, 11) is 0. The van der Waals surface area contributed by atoms with Crippen LogP contribution in [0.5, 0.6) is 0 Å². The minimum Gasteiger partial charge on any atom is -0.260 e. The molecule has 102 valence electrons. The maximum Gasteiger partial charge on any atom is 0.435 e. The predicted molar refractivity (Wildman–Crippen MR) is 54.4 cm³/mol. The van der Waals surface area contributed by atoms with E-state index in [9.17, 15) is 22.0 Å². The van der Waals surface area contributed by atoms with Gasteiger partial charge in [0.05, 0.1) is 0 Å². The van der Waals surface area contributed by atoms with E-state index in [4.69, 9.17) is 0 Å². The van der Waals surface area contributed by atoms with Crippen LogP contribution in [-0.4, -0.2) is 9.78 Å². The van der Waals surface area contributed by atoms with Crippen molar-refractivity contribution < 1.29 is 22.0 Å². The molecule has 7 heteroatoms. The van der Waals surface area contributed by atoms with Gasteiger partial charge in [-0.2, -0.15) is 27.1 Å². The fraction of sp³-hybridized carbons (Fsp3) is 0.727. The third kappa shape index (κ3) is 1.99. The highest BCUT2D eigenvalue weighted by Gasteiger charge is 2.47. The van der Waals surface area contributed by atoms with Crippen molar-refractivity contribution in [1.29, 1.82) is 0 Å². The molecule has 1 heterocycles. The molecule has 0 fully saturated rings. The first-order chi connectivity index (χ1) is 8.14. The lowest BCUT2D eigenvalue weighted by atomic mass is 9.92. The van der Waals surface area contributed by atoms with Crippen LogP contribution in [0.1, 0.15) is 49.7 Å². The van der Waals surface area contributed by atoms with E-state index in [-0.39, 0.29) is 18.4 Å². The highest BCUT2D eigenvalue weighted by atomic mass is 19.4. The molecule has 0 atom stereocenters. The second kappa shape index (κ2) is 3.93. The normalized spacial score (nSPS) is 19.1. The number of hydrogen-bond acceptors (Lipinski definition) is 1. The minimum absolute atomic E-state index is 0.00644. The van der Waals surface area contributed by atoms with Crippen molar-refractivity contribution in [1.82, 2.24) is 9.78 Å². The maximum absolute atomic E-state index is 13.8. The molecular weight excluding hydrogens is 255 g/mol. The first-order valence-corrected chi connectivity index (χ1v) is 5.71. The largest absolute Gasteiger partial charge is 0.435 e. The van der Waals surface area contributed by atoms with Crippen LogP contribution in [0.4, 0.5) is 22.0 Å². The highest BCUT2D eigenvalue weighted by molar-refractivity contribution is 5.34. The molecule has 2 nitrogen and oxygen atoms in total. The second-order valence-corrected chi connectivity index (χ2v) is 4.77. The molecule has 0 unspecified atom stereocenters. The quantitative estimate of drug-likeness (QED) is 0.706. The summed E-state index contributed by atoms with van der Waals surface area (Å²) in [6.45, 7) is 3.08. The lowest BCUT2D eigenvalue weighted by Crippen LogP contribution is -2.25. The Morgan fingerprint density at radius 2 is 1.89 bits per heavy atom. The van der Waals surface area contributed by atoms with Gasteiger partial charge in [-0.1, -0.05) is 0 Å². The summed E-state index contributed by atoms with van der Waals surface area (Å²) < 4.78 is 66.8. The van der Waals surface area contributed by atoms with Crippen LogP contribution < -0.4 is 0 Å². The average molecular weight is 268 g/mol. The molecule has 18 heavy (non-hydrogen) atoms. The van der Waals surface area contributed by atoms with E-state index in [0.717, 1.165) is 4.68 Å². The van der Waals surface area contributed by atoms with Crippen LogP contribution in [0.3, 0.4) is 0 Å². The van der Waals surface area contributed by atoms with Crippen molar-refractivity contribution in [3.63, 3.8) is 0 Å². The Balaban J connectivity index is 2.69. The zero-order valence-electron chi connectivity index (χ0n) is 9.98. The molecule has 0 amide bonds. The SMILES string of the molecule is CC(C)n1nc(C(F)(F)F)c2c1C(F)(F)CCC2. The fourth-order valence-electron chi connectivity index (χ4n) is 2.30. The van der Waals surface area contributed by atoms with E-state index in [1.165, 1.54) is 13.8 Å². The first-order valence-electron chi connectivity index (χ1n) is 5.71. The first kappa shape index (κ1) is 13.3. The van der Waals surface area contributed by atoms with Gasteiger partial charge in [-0.25, -0.2) is 0 Å². The van der Waals surface area contributed by atoms with Gasteiger partial charge in [0, 0.05) is 18.0 Å². The Labute approximate surface area is 101 Å². The van der Waals surface area contributed by atoms with Crippen LogP contribution in [0.15, 0.2) is 0 Å². The Kier molecular flexibility index (Phi) is 2.90. The molecule has 0 radical (unpaired) electrons. The van der Waals surface area contributed by atoms with Crippen molar-refractivity contribution in [2.75, 3.05) is 0 Å². The molecule has 1 aromatic rings. The second-order valence-electron chi connectivity index (χ2n) is 4.77. The van der Waals surface area contributed by atoms with Crippen LogP contribution in [0, 0.1) is 0 Å². The Bertz CT molecular complexity index is 459. The predicted octanol–water partition coefficient (Wildman–Crippen LogP) is 3.91. The van der Waals surface area contributed by atoms with E-state index in [1.54, 1.807) is 0 Å². The molecule has 1 aromatic heterocycles. The summed E-state index contributed by atoms with van der Waals surface area (Å²) in [6.07, 6.45) is -5.05. The van der Waals surface area contributed by atoms with Crippen molar-refractivity contribution in [3.05, 3.63) is 17.0 Å². The highest BCUT2D eigenvalue weighted by Crippen LogP contribution is 2.45. The number of fused-ring (bicyclic) bond motifs is 1. The lowest BCUT2D eigenvalue weighted by molar-refractivity contribution is -0.142. The monoisotopic (exact) mass is 268 g/mol. The minimum atomic E-state index is -4.68. The molecule has 0 aromatic carbocycles. The van der Waals surface area contributed by atoms with Crippen LogP contribution in [0.25, 0.3) is 0 Å². The molecule has 1 aliphatic rings. The number of alkyl halides is 5. The van der Waals surface area contributed by atoms with Gasteiger partial charge in [0.15, 0.2) is 5.69 Å². The van der Waals surface area contributed by atoms with Crippen LogP contribution >= 0.6 is 0 Å². The van der Waals surface area contributed by atoms with Gasteiger partial charge >= 0.3 is 6.18 Å². The van der Waals surface area contributed by atoms with Gasteiger partial charge in [0.2, 0.25) is 0 Å². The van der Waals surface area contributed by atoms with E-state index >= 15 is 0 Å². The third-order valence-electron chi connectivity index (χ3n) is 3.03. The van der Waals surface area contributed by atoms with Crippen molar-refractivity contribution in [3.8, 4) is 0 Å². The van der Waals surface area contributed by atoms with E-state index < -0.39 is 35.9 Å². The zero-order chi connectivity index (χ0) is 13.7. The van der Waals surface area contributed by atoms with Crippen molar-refractivity contribution >= 4 is 0 Å². The van der Waals surface area contributed by atoms with Crippen LogP contribution in [0.2, 0.25) is 0 Å². The summed E-state index contributed by atoms with van der Waals surface area (Å²) in [4.78, 5) is 0. The molecule has 0 N–H and O–H groups in total. The smallest absolute Gasteiger partial charge is 0.260 e. The number of nitrogens with zero attached hydrogens (tertiary/aromatic N) is 2. The molecule has 2 rings (SSSR count). The van der Waals surface area contributed by atoms with E-state index in [0.29, 0.717) is 0 Å². The molecule has 1 aliphatic carbocycles. The Morgan fingerprint density at radius 3 is 2.39 bits per heavy atom. The van der Waals surface area contributed by atoms with Gasteiger partial charge in [0.25, 0.3) is 5.92 Å². The van der Waals surface area contributed by atoms with Crippen molar-refractivity contribution in [2.24, 2.45) is 0 Å². The van der Waals surface area contributed by atoms with Gasteiger partial charge in [-0.05, 0) is 26.7 Å². The lowest BCUT2D eigenvalue weighted by Gasteiger charge is -2.25. The van der Waals surface area contributed by atoms with Gasteiger partial charge < -0.3 is 0 Å². The number of hydrogen-bond donors (Lipinski definition) is 0. The third-order valence-corrected chi connectivity index (χ3v) is 3.03. The summed E-state index contributed by atoms with van der Waals surface area (Å²) in [5.74, 6) is -3.23.